The first-order valence-electron chi connectivity index (χ1n) is 16.2. The van der Waals surface area contributed by atoms with Crippen LogP contribution in [0.2, 0.25) is 0 Å². The fraction of sp³-hybridized carbons (Fsp3) is 0.964. The molecule has 1 aliphatic carbocycles. The van der Waals surface area contributed by atoms with Gasteiger partial charge < -0.3 is 49.7 Å². The number of aliphatic hydroxyl groups excluding tert-OH is 5. The van der Waals surface area contributed by atoms with Crippen molar-refractivity contribution < 1.29 is 77.2 Å². The molecule has 16 nitrogen and oxygen atoms in total. The molecule has 46 heavy (non-hydrogen) atoms. The standard InChI is InChI=1S/C28H56O16P2/c1-2-3-4-5-6-7-8-9-10-11-12-13-14-17-22(30)42-21(16-15-18-40-20-29)19-41-46(38,39)44-28-25(33)23(31)27(24(32)26(28)34)43-45(35,36)37/h21,23-29,31-34H,2-20H2,1H3,(H,38,39)(H2,35,36,37)/t21-,23+,24?,25?,26+,27+,28?/m1/s1. The highest BCUT2D eigenvalue weighted by Gasteiger charge is 2.54. The van der Waals surface area contributed by atoms with Crippen LogP contribution in [0.15, 0.2) is 0 Å². The van der Waals surface area contributed by atoms with Gasteiger partial charge in [0.1, 0.15) is 49.5 Å². The van der Waals surface area contributed by atoms with Crippen LogP contribution in [0.3, 0.4) is 0 Å². The Labute approximate surface area is 271 Å². The van der Waals surface area contributed by atoms with E-state index in [4.69, 9.17) is 33.4 Å². The van der Waals surface area contributed by atoms with Gasteiger partial charge in [-0.25, -0.2) is 9.13 Å². The van der Waals surface area contributed by atoms with Crippen LogP contribution in [0.1, 0.15) is 110 Å². The lowest BCUT2D eigenvalue weighted by atomic mass is 9.85. The Morgan fingerprint density at radius 1 is 0.696 bits per heavy atom. The van der Waals surface area contributed by atoms with Crippen molar-refractivity contribution in [3.63, 3.8) is 0 Å². The van der Waals surface area contributed by atoms with E-state index in [9.17, 15) is 39.2 Å². The minimum atomic E-state index is -5.27. The topological polar surface area (TPSA) is 259 Å². The van der Waals surface area contributed by atoms with E-state index < -0.39 is 77.7 Å². The van der Waals surface area contributed by atoms with E-state index in [-0.39, 0.29) is 25.9 Å². The maximum atomic E-state index is 12.6. The zero-order valence-corrected chi connectivity index (χ0v) is 28.5. The number of carbonyl (C=O) groups excluding carboxylic acids is 1. The third kappa shape index (κ3) is 18.8. The molecule has 274 valence electrons. The molecule has 18 heteroatoms. The number of phosphoric acid groups is 2. The molecule has 0 radical (unpaired) electrons. The molecular formula is C28H56O16P2. The summed E-state index contributed by atoms with van der Waals surface area (Å²) in [5.41, 5.74) is 0. The van der Waals surface area contributed by atoms with Crippen LogP contribution >= 0.6 is 15.6 Å². The molecule has 0 aliphatic heterocycles. The molecule has 0 aromatic heterocycles. The van der Waals surface area contributed by atoms with Gasteiger partial charge in [0, 0.05) is 13.0 Å². The first-order chi connectivity index (χ1) is 21.7. The number of rotatable bonds is 27. The van der Waals surface area contributed by atoms with E-state index >= 15 is 0 Å². The van der Waals surface area contributed by atoms with Gasteiger partial charge in [0.05, 0.1) is 6.61 Å². The van der Waals surface area contributed by atoms with Crippen molar-refractivity contribution in [1.82, 2.24) is 0 Å². The van der Waals surface area contributed by atoms with Gasteiger partial charge in [-0.15, -0.1) is 0 Å². The van der Waals surface area contributed by atoms with E-state index in [2.05, 4.69) is 11.4 Å². The third-order valence-corrected chi connectivity index (χ3v) is 9.18. The molecule has 0 spiro atoms. The van der Waals surface area contributed by atoms with E-state index in [1.165, 1.54) is 51.4 Å². The van der Waals surface area contributed by atoms with Gasteiger partial charge in [0.25, 0.3) is 0 Å². The Balaban J connectivity index is 2.51. The number of carbonyl (C=O) groups is 1. The monoisotopic (exact) mass is 710 g/mol. The molecule has 0 aromatic rings. The highest BCUT2D eigenvalue weighted by molar-refractivity contribution is 7.47. The lowest BCUT2D eigenvalue weighted by Crippen LogP contribution is -2.64. The maximum Gasteiger partial charge on any atom is 0.472 e. The van der Waals surface area contributed by atoms with Crippen molar-refractivity contribution in [2.45, 2.75) is 152 Å². The van der Waals surface area contributed by atoms with E-state index in [0.717, 1.165) is 25.7 Å². The molecule has 1 fully saturated rings. The van der Waals surface area contributed by atoms with Crippen molar-refractivity contribution in [2.24, 2.45) is 0 Å². The van der Waals surface area contributed by atoms with Gasteiger partial charge in [-0.2, -0.15) is 0 Å². The van der Waals surface area contributed by atoms with Gasteiger partial charge >= 0.3 is 21.6 Å². The number of hydrogen-bond donors (Lipinski definition) is 8. The summed E-state index contributed by atoms with van der Waals surface area (Å²) >= 11 is 0. The summed E-state index contributed by atoms with van der Waals surface area (Å²) in [7, 11) is -10.4. The third-order valence-electron chi connectivity index (χ3n) is 7.67. The predicted octanol–water partition coefficient (Wildman–Crippen LogP) is 2.56. The van der Waals surface area contributed by atoms with Crippen LogP contribution in [0.5, 0.6) is 0 Å². The minimum Gasteiger partial charge on any atom is -0.460 e. The van der Waals surface area contributed by atoms with Crippen LogP contribution in [0, 0.1) is 0 Å². The molecule has 1 aliphatic rings. The summed E-state index contributed by atoms with van der Waals surface area (Å²) in [5.74, 6) is -0.547. The van der Waals surface area contributed by atoms with E-state index in [1.807, 2.05) is 0 Å². The van der Waals surface area contributed by atoms with Gasteiger partial charge in [-0.3, -0.25) is 18.4 Å². The van der Waals surface area contributed by atoms with Crippen LogP contribution in [0.25, 0.3) is 0 Å². The summed E-state index contributed by atoms with van der Waals surface area (Å²) < 4.78 is 48.0. The SMILES string of the molecule is CCCCCCCCCCCCCCCC(=O)O[C@H](CCCOCO)COP(=O)(O)OC1C(O)[C@H](O)[C@H](OP(=O)(O)O)C(O)[C@@H]1O. The molecule has 1 rings (SSSR count). The summed E-state index contributed by atoms with van der Waals surface area (Å²) in [6.45, 7) is 1.14. The lowest BCUT2D eigenvalue weighted by Gasteiger charge is -2.43. The van der Waals surface area contributed by atoms with Gasteiger partial charge in [-0.05, 0) is 19.3 Å². The summed E-state index contributed by atoms with van der Waals surface area (Å²) in [4.78, 5) is 40.6. The second kappa shape index (κ2) is 23.7. The smallest absolute Gasteiger partial charge is 0.460 e. The van der Waals surface area contributed by atoms with Crippen LogP contribution in [-0.4, -0.2) is 109 Å². The molecule has 0 aromatic carbocycles. The number of esters is 1. The molecule has 8 atom stereocenters. The van der Waals surface area contributed by atoms with Crippen molar-refractivity contribution in [2.75, 3.05) is 20.0 Å². The number of aliphatic hydroxyl groups is 5. The number of phosphoric ester groups is 2. The molecule has 0 saturated heterocycles. The number of unbranched alkanes of at least 4 members (excludes halogenated alkanes) is 12. The highest BCUT2D eigenvalue weighted by atomic mass is 31.2. The van der Waals surface area contributed by atoms with Crippen LogP contribution < -0.4 is 0 Å². The van der Waals surface area contributed by atoms with E-state index in [1.54, 1.807) is 0 Å². The fourth-order valence-corrected chi connectivity index (χ4v) is 6.68. The summed E-state index contributed by atoms with van der Waals surface area (Å²) in [5, 5.41) is 49.6. The first-order valence-corrected chi connectivity index (χ1v) is 19.2. The molecule has 4 unspecified atom stereocenters. The van der Waals surface area contributed by atoms with Gasteiger partial charge in [0.2, 0.25) is 0 Å². The molecule has 0 heterocycles. The average molecular weight is 711 g/mol. The predicted molar refractivity (Wildman–Crippen MR) is 164 cm³/mol. The summed E-state index contributed by atoms with van der Waals surface area (Å²) in [6, 6.07) is 0. The zero-order valence-electron chi connectivity index (χ0n) is 26.7. The Hall–Kier alpha value is -0.550. The zero-order chi connectivity index (χ0) is 34.6. The molecule has 1 saturated carbocycles. The number of ether oxygens (including phenoxy) is 2. The number of hydrogen-bond acceptors (Lipinski definition) is 13. The van der Waals surface area contributed by atoms with Crippen LogP contribution in [0.4, 0.5) is 0 Å². The maximum absolute atomic E-state index is 12.6. The first kappa shape index (κ1) is 43.5. The Morgan fingerprint density at radius 2 is 1.15 bits per heavy atom. The second-order valence-electron chi connectivity index (χ2n) is 11.6. The van der Waals surface area contributed by atoms with Crippen molar-refractivity contribution in [1.29, 1.82) is 0 Å². The van der Waals surface area contributed by atoms with Crippen LogP contribution in [-0.2, 0) is 37.0 Å². The largest absolute Gasteiger partial charge is 0.472 e. The normalized spacial score (nSPS) is 25.7. The summed E-state index contributed by atoms with van der Waals surface area (Å²) in [6.07, 6.45) is 1.22. The van der Waals surface area contributed by atoms with Gasteiger partial charge in [0.15, 0.2) is 0 Å². The lowest BCUT2D eigenvalue weighted by molar-refractivity contribution is -0.216. The fourth-order valence-electron chi connectivity index (χ4n) is 5.14. The minimum absolute atomic E-state index is 0.102. The highest BCUT2D eigenvalue weighted by Crippen LogP contribution is 2.48. The average Bonchev–Trinajstić information content (AvgIpc) is 2.99. The Bertz CT molecular complexity index is 889. The molecule has 8 N–H and O–H groups in total. The Morgan fingerprint density at radius 3 is 1.61 bits per heavy atom. The van der Waals surface area contributed by atoms with Crippen molar-refractivity contribution in [3.8, 4) is 0 Å². The molecule has 0 bridgehead atoms. The second-order valence-corrected chi connectivity index (χ2v) is 14.2. The van der Waals surface area contributed by atoms with Gasteiger partial charge in [-0.1, -0.05) is 84.0 Å². The quantitative estimate of drug-likeness (QED) is 0.0264. The van der Waals surface area contributed by atoms with Crippen molar-refractivity contribution in [3.05, 3.63) is 0 Å². The van der Waals surface area contributed by atoms with E-state index in [0.29, 0.717) is 6.42 Å². The molecular weight excluding hydrogens is 654 g/mol. The van der Waals surface area contributed by atoms with Crippen molar-refractivity contribution >= 4 is 21.6 Å². The molecule has 0 amide bonds. The Kier molecular flexibility index (Phi) is 22.4.